The van der Waals surface area contributed by atoms with Crippen LogP contribution < -0.4 is 10.0 Å². The summed E-state index contributed by atoms with van der Waals surface area (Å²) >= 11 is 6.11. The van der Waals surface area contributed by atoms with Crippen molar-refractivity contribution < 1.29 is 9.90 Å². The molecule has 0 spiro atoms. The third kappa shape index (κ3) is 4.11. The minimum atomic E-state index is -1.22. The highest BCUT2D eigenvalue weighted by atomic mass is 35.5. The Balaban J connectivity index is 2.92. The van der Waals surface area contributed by atoms with Crippen molar-refractivity contribution in [2.75, 3.05) is 31.1 Å². The topological polar surface area (TPSA) is 46.6 Å². The predicted molar refractivity (Wildman–Crippen MR) is 76.7 cm³/mol. The van der Waals surface area contributed by atoms with Crippen molar-refractivity contribution in [3.63, 3.8) is 0 Å². The molecule has 0 aliphatic rings. The van der Waals surface area contributed by atoms with E-state index in [2.05, 4.69) is 4.90 Å². The van der Waals surface area contributed by atoms with E-state index in [1.807, 2.05) is 26.8 Å². The van der Waals surface area contributed by atoms with Gasteiger partial charge < -0.3 is 19.7 Å². The summed E-state index contributed by atoms with van der Waals surface area (Å²) in [6, 6.07) is 5.34. The molecule has 0 aliphatic carbocycles. The van der Waals surface area contributed by atoms with Crippen molar-refractivity contribution in [3.8, 4) is 0 Å². The lowest BCUT2D eigenvalue weighted by molar-refractivity contribution is -0.246. The first kappa shape index (κ1) is 15.8. The van der Waals surface area contributed by atoms with E-state index in [0.717, 1.165) is 18.7 Å². The summed E-state index contributed by atoms with van der Waals surface area (Å²) in [6.45, 7) is 8.73. The van der Waals surface area contributed by atoms with Gasteiger partial charge >= 0.3 is 0 Å². The molecule has 0 atom stereocenters. The monoisotopic (exact) mass is 283 g/mol. The molecule has 5 heteroatoms. The highest BCUT2D eigenvalue weighted by Gasteiger charge is 2.14. The molecular weight excluding hydrogens is 264 g/mol. The lowest BCUT2D eigenvalue weighted by Gasteiger charge is -2.30. The lowest BCUT2D eigenvalue weighted by atomic mass is 10.2. The summed E-state index contributed by atoms with van der Waals surface area (Å²) in [5.74, 6) is 0. The van der Waals surface area contributed by atoms with Crippen LogP contribution in [0.25, 0.3) is 0 Å². The summed E-state index contributed by atoms with van der Waals surface area (Å²) in [7, 11) is 0. The van der Waals surface area contributed by atoms with Crippen LogP contribution in [-0.2, 0) is 0 Å². The van der Waals surface area contributed by atoms with Gasteiger partial charge in [0.15, 0.2) is 0 Å². The predicted octanol–water partition coefficient (Wildman–Crippen LogP) is 2.14. The van der Waals surface area contributed by atoms with E-state index in [1.54, 1.807) is 12.1 Å². The highest BCUT2D eigenvalue weighted by Crippen LogP contribution is 2.29. The van der Waals surface area contributed by atoms with Crippen LogP contribution >= 0.6 is 11.6 Å². The Labute approximate surface area is 119 Å². The Morgan fingerprint density at radius 2 is 1.89 bits per heavy atom. The van der Waals surface area contributed by atoms with E-state index in [9.17, 15) is 9.90 Å². The molecule has 106 valence electrons. The van der Waals surface area contributed by atoms with Gasteiger partial charge in [0.2, 0.25) is 0 Å². The number of aryl methyl sites for hydroxylation is 1. The van der Waals surface area contributed by atoms with Crippen LogP contribution in [0, 0.1) is 6.92 Å². The molecule has 0 heterocycles. The number of benzene rings is 1. The number of para-hydroxylation sites is 1. The van der Waals surface area contributed by atoms with Crippen molar-refractivity contribution in [1.29, 1.82) is 0 Å². The summed E-state index contributed by atoms with van der Waals surface area (Å²) in [5.41, 5.74) is 1.35. The minimum Gasteiger partial charge on any atom is -0.530 e. The van der Waals surface area contributed by atoms with Crippen LogP contribution in [0.4, 0.5) is 10.5 Å². The fourth-order valence-corrected chi connectivity index (χ4v) is 2.36. The number of hydrogen-bond donors (Lipinski definition) is 0. The number of likely N-dealkylation sites (N-methyl/N-ethyl adjacent to an activating group) is 1. The van der Waals surface area contributed by atoms with Gasteiger partial charge in [-0.25, -0.2) is 0 Å². The standard InChI is InChI=1S/C14H21ClN2O2/c1-4-16(5-2)9-10-17(14(18)19)13-11(3)7-6-8-12(13)15/h6-8H,4-5,9-10H2,1-3H3,(H,18,19)/p-1. The third-order valence-corrected chi connectivity index (χ3v) is 3.52. The maximum Gasteiger partial charge on any atom is 0.141 e. The van der Waals surface area contributed by atoms with Crippen molar-refractivity contribution in [2.45, 2.75) is 20.8 Å². The Hall–Kier alpha value is -1.26. The quantitative estimate of drug-likeness (QED) is 0.804. The Bertz CT molecular complexity index is 413. The third-order valence-electron chi connectivity index (χ3n) is 3.21. The number of carbonyl (C=O) groups excluding carboxylic acids is 1. The van der Waals surface area contributed by atoms with E-state index in [0.29, 0.717) is 23.8 Å². The van der Waals surface area contributed by atoms with E-state index in [1.165, 1.54) is 4.90 Å². The number of nitrogens with zero attached hydrogens (tertiary/aromatic N) is 2. The molecule has 0 N–H and O–H groups in total. The average molecular weight is 284 g/mol. The smallest absolute Gasteiger partial charge is 0.141 e. The van der Waals surface area contributed by atoms with Crippen molar-refractivity contribution in [3.05, 3.63) is 28.8 Å². The molecule has 1 aromatic rings. The SMILES string of the molecule is CCN(CC)CCN(C(=O)[O-])c1c(C)cccc1Cl. The van der Waals surface area contributed by atoms with Crippen LogP contribution in [-0.4, -0.2) is 37.2 Å². The summed E-state index contributed by atoms with van der Waals surface area (Å²) in [5, 5.41) is 11.8. The van der Waals surface area contributed by atoms with Crippen molar-refractivity contribution in [1.82, 2.24) is 4.90 Å². The Morgan fingerprint density at radius 1 is 1.26 bits per heavy atom. The second-order valence-corrected chi connectivity index (χ2v) is 4.76. The maximum atomic E-state index is 11.3. The molecule has 0 bridgehead atoms. The molecule has 1 amide bonds. The largest absolute Gasteiger partial charge is 0.530 e. The first-order valence-corrected chi connectivity index (χ1v) is 6.85. The number of hydrogen-bond acceptors (Lipinski definition) is 3. The molecule has 1 aromatic carbocycles. The molecule has 0 aliphatic heterocycles. The maximum absolute atomic E-state index is 11.3. The van der Waals surface area contributed by atoms with Gasteiger partial charge in [-0.15, -0.1) is 0 Å². The molecule has 19 heavy (non-hydrogen) atoms. The van der Waals surface area contributed by atoms with Crippen LogP contribution in [0.2, 0.25) is 5.02 Å². The number of anilines is 1. The first-order chi connectivity index (χ1) is 9.01. The fraction of sp³-hybridized carbons (Fsp3) is 0.500. The Morgan fingerprint density at radius 3 is 2.37 bits per heavy atom. The molecule has 0 radical (unpaired) electrons. The van der Waals surface area contributed by atoms with Crippen LogP contribution in [0.5, 0.6) is 0 Å². The minimum absolute atomic E-state index is 0.356. The molecule has 0 aromatic heterocycles. The lowest BCUT2D eigenvalue weighted by Crippen LogP contribution is -2.45. The van der Waals surface area contributed by atoms with E-state index in [4.69, 9.17) is 11.6 Å². The molecule has 0 saturated carbocycles. The summed E-state index contributed by atoms with van der Waals surface area (Å²) in [6.07, 6.45) is -1.22. The number of carbonyl (C=O) groups is 1. The molecule has 0 unspecified atom stereocenters. The van der Waals surface area contributed by atoms with Crippen LogP contribution in [0.15, 0.2) is 18.2 Å². The van der Waals surface area contributed by atoms with Gasteiger partial charge in [0.25, 0.3) is 0 Å². The van der Waals surface area contributed by atoms with E-state index in [-0.39, 0.29) is 0 Å². The fourth-order valence-electron chi connectivity index (χ4n) is 2.04. The molecular formula is C14H20ClN2O2-. The number of halogens is 1. The van der Waals surface area contributed by atoms with Gasteiger partial charge in [0.1, 0.15) is 6.09 Å². The van der Waals surface area contributed by atoms with Gasteiger partial charge in [0.05, 0.1) is 10.7 Å². The molecule has 4 nitrogen and oxygen atoms in total. The molecule has 1 rings (SSSR count). The van der Waals surface area contributed by atoms with Gasteiger partial charge in [-0.3, -0.25) is 0 Å². The molecule has 0 fully saturated rings. The van der Waals surface area contributed by atoms with Crippen molar-refractivity contribution >= 4 is 23.4 Å². The summed E-state index contributed by atoms with van der Waals surface area (Å²) in [4.78, 5) is 14.7. The normalized spacial score (nSPS) is 10.8. The first-order valence-electron chi connectivity index (χ1n) is 6.47. The Kier molecular flexibility index (Phi) is 6.12. The van der Waals surface area contributed by atoms with E-state index >= 15 is 0 Å². The number of rotatable bonds is 6. The van der Waals surface area contributed by atoms with E-state index < -0.39 is 6.09 Å². The van der Waals surface area contributed by atoms with Gasteiger partial charge in [0, 0.05) is 13.1 Å². The highest BCUT2D eigenvalue weighted by molar-refractivity contribution is 6.33. The second kappa shape index (κ2) is 7.36. The number of carboxylic acid groups (broad SMARTS) is 1. The zero-order chi connectivity index (χ0) is 14.4. The van der Waals surface area contributed by atoms with Gasteiger partial charge in [-0.1, -0.05) is 37.6 Å². The zero-order valence-electron chi connectivity index (χ0n) is 11.6. The van der Waals surface area contributed by atoms with Crippen molar-refractivity contribution in [2.24, 2.45) is 0 Å². The van der Waals surface area contributed by atoms with Gasteiger partial charge in [-0.05, 0) is 31.6 Å². The second-order valence-electron chi connectivity index (χ2n) is 4.35. The summed E-state index contributed by atoms with van der Waals surface area (Å²) < 4.78 is 0. The average Bonchev–Trinajstić information content (AvgIpc) is 2.36. The van der Waals surface area contributed by atoms with Gasteiger partial charge in [-0.2, -0.15) is 0 Å². The van der Waals surface area contributed by atoms with Crippen LogP contribution in [0.3, 0.4) is 0 Å². The van der Waals surface area contributed by atoms with Crippen LogP contribution in [0.1, 0.15) is 19.4 Å². The molecule has 0 saturated heterocycles. The number of amides is 1. The zero-order valence-corrected chi connectivity index (χ0v) is 12.4.